The Morgan fingerprint density at radius 1 is 1.03 bits per heavy atom. The van der Waals surface area contributed by atoms with Crippen molar-refractivity contribution in [3.63, 3.8) is 0 Å². The Morgan fingerprint density at radius 2 is 1.56 bits per heavy atom. The van der Waals surface area contributed by atoms with Gasteiger partial charge in [-0.1, -0.05) is 67.7 Å². The second kappa shape index (κ2) is 11.6. The van der Waals surface area contributed by atoms with E-state index in [1.807, 2.05) is 35.5 Å². The molecule has 1 fully saturated rings. The van der Waals surface area contributed by atoms with Gasteiger partial charge in [0.1, 0.15) is 5.75 Å². The molecule has 1 aromatic carbocycles. The number of hydrogen-bond donors (Lipinski definition) is 1. The first-order valence-electron chi connectivity index (χ1n) is 12.2. The van der Waals surface area contributed by atoms with Crippen LogP contribution in [0.25, 0.3) is 0 Å². The minimum absolute atomic E-state index is 0.114. The van der Waals surface area contributed by atoms with Gasteiger partial charge in [0.2, 0.25) is 5.91 Å². The average Bonchev–Trinajstić information content (AvgIpc) is 2.70. The Morgan fingerprint density at radius 3 is 2.06 bits per heavy atom. The van der Waals surface area contributed by atoms with Crippen LogP contribution in [0.15, 0.2) is 17.0 Å². The van der Waals surface area contributed by atoms with Gasteiger partial charge in [-0.2, -0.15) is 0 Å². The van der Waals surface area contributed by atoms with Crippen LogP contribution in [0.4, 0.5) is 0 Å². The van der Waals surface area contributed by atoms with Gasteiger partial charge in [0.15, 0.2) is 0 Å². The van der Waals surface area contributed by atoms with Gasteiger partial charge in [-0.15, -0.1) is 23.5 Å². The summed E-state index contributed by atoms with van der Waals surface area (Å²) in [4.78, 5) is 15.7. The quantitative estimate of drug-likeness (QED) is 0.422. The lowest BCUT2D eigenvalue weighted by molar-refractivity contribution is -0.127. The molecule has 1 aliphatic carbocycles. The highest BCUT2D eigenvalue weighted by atomic mass is 32.2. The van der Waals surface area contributed by atoms with E-state index in [0.29, 0.717) is 22.0 Å². The third-order valence-corrected chi connectivity index (χ3v) is 9.28. The Kier molecular flexibility index (Phi) is 9.90. The molecule has 32 heavy (non-hydrogen) atoms. The van der Waals surface area contributed by atoms with Crippen LogP contribution < -0.4 is 0 Å². The lowest BCUT2D eigenvalue weighted by atomic mass is 9.79. The summed E-state index contributed by atoms with van der Waals surface area (Å²) in [5, 5.41) is 12.1. The standard InChI is InChI=1S/C27H45NO2S2/c1-9-10-15-28(8)24(29)18-31-22-13-11-12-14-23(22)32-19-16-20(26(2,3)4)25(30)21(17-19)27(5,6)7/h16-17,22-23,30H,9-15,18H2,1-8H3/t22-,23?/m0/s1. The molecule has 0 aliphatic heterocycles. The summed E-state index contributed by atoms with van der Waals surface area (Å²) in [6, 6.07) is 4.41. The molecular formula is C27H45NO2S2. The summed E-state index contributed by atoms with van der Waals surface area (Å²) in [5.74, 6) is 1.29. The van der Waals surface area contributed by atoms with Crippen molar-refractivity contribution in [2.45, 2.75) is 113 Å². The van der Waals surface area contributed by atoms with Gasteiger partial charge in [0.05, 0.1) is 5.75 Å². The summed E-state index contributed by atoms with van der Waals surface area (Å²) < 4.78 is 0. The number of phenols is 1. The summed E-state index contributed by atoms with van der Waals surface area (Å²) in [6.07, 6.45) is 7.08. The molecule has 0 spiro atoms. The van der Waals surface area contributed by atoms with Gasteiger partial charge in [-0.25, -0.2) is 0 Å². The van der Waals surface area contributed by atoms with E-state index in [2.05, 4.69) is 60.6 Å². The number of hydrogen-bond acceptors (Lipinski definition) is 4. The van der Waals surface area contributed by atoms with Crippen LogP contribution >= 0.6 is 23.5 Å². The minimum atomic E-state index is -0.114. The van der Waals surface area contributed by atoms with Crippen LogP contribution in [0, 0.1) is 0 Å². The molecule has 3 nitrogen and oxygen atoms in total. The predicted molar refractivity (Wildman–Crippen MR) is 142 cm³/mol. The second-order valence-electron chi connectivity index (χ2n) is 11.3. The van der Waals surface area contributed by atoms with Crippen LogP contribution in [-0.4, -0.2) is 45.8 Å². The van der Waals surface area contributed by atoms with E-state index in [1.165, 1.54) is 30.6 Å². The number of carbonyl (C=O) groups excluding carboxylic acids is 1. The third kappa shape index (κ3) is 7.62. The van der Waals surface area contributed by atoms with Gasteiger partial charge >= 0.3 is 0 Å². The molecule has 0 heterocycles. The van der Waals surface area contributed by atoms with E-state index in [0.717, 1.165) is 30.5 Å². The van der Waals surface area contributed by atoms with Gasteiger partial charge in [0, 0.05) is 40.1 Å². The number of nitrogens with zero attached hydrogens (tertiary/aromatic N) is 1. The first-order chi connectivity index (χ1) is 14.8. The molecule has 5 heteroatoms. The van der Waals surface area contributed by atoms with Crippen molar-refractivity contribution in [2.75, 3.05) is 19.3 Å². The number of phenolic OH excluding ortho intramolecular Hbond substituents is 1. The number of thioether (sulfide) groups is 2. The van der Waals surface area contributed by atoms with Crippen molar-refractivity contribution in [3.8, 4) is 5.75 Å². The van der Waals surface area contributed by atoms with Gasteiger partial charge < -0.3 is 10.0 Å². The second-order valence-corrected chi connectivity index (χ2v) is 13.9. The van der Waals surface area contributed by atoms with E-state index in [-0.39, 0.29) is 16.7 Å². The SMILES string of the molecule is CCCCN(C)C(=O)CS[C@H]1CCCCC1Sc1cc(C(C)(C)C)c(O)c(C(C)(C)C)c1. The van der Waals surface area contributed by atoms with Crippen LogP contribution in [0.2, 0.25) is 0 Å². The van der Waals surface area contributed by atoms with E-state index < -0.39 is 0 Å². The van der Waals surface area contributed by atoms with E-state index >= 15 is 0 Å². The van der Waals surface area contributed by atoms with Crippen LogP contribution in [-0.2, 0) is 15.6 Å². The Labute approximate surface area is 205 Å². The summed E-state index contributed by atoms with van der Waals surface area (Å²) in [7, 11) is 1.93. The van der Waals surface area contributed by atoms with Crippen molar-refractivity contribution >= 4 is 29.4 Å². The molecule has 0 saturated heterocycles. The lowest BCUT2D eigenvalue weighted by Crippen LogP contribution is -2.32. The molecule has 0 aromatic heterocycles. The van der Waals surface area contributed by atoms with Crippen LogP contribution in [0.3, 0.4) is 0 Å². The van der Waals surface area contributed by atoms with Gasteiger partial charge in [0.25, 0.3) is 0 Å². The predicted octanol–water partition coefficient (Wildman–Crippen LogP) is 7.38. The molecule has 2 rings (SSSR count). The number of carbonyl (C=O) groups is 1. The molecular weight excluding hydrogens is 434 g/mol. The lowest BCUT2D eigenvalue weighted by Gasteiger charge is -2.32. The van der Waals surface area contributed by atoms with Crippen molar-refractivity contribution in [2.24, 2.45) is 0 Å². The largest absolute Gasteiger partial charge is 0.507 e. The fourth-order valence-electron chi connectivity index (χ4n) is 4.19. The van der Waals surface area contributed by atoms with Crippen LogP contribution in [0.1, 0.15) is 98.1 Å². The van der Waals surface area contributed by atoms with Crippen molar-refractivity contribution in [3.05, 3.63) is 23.3 Å². The van der Waals surface area contributed by atoms with Gasteiger partial charge in [-0.3, -0.25) is 4.79 Å². The molecule has 1 saturated carbocycles. The highest BCUT2D eigenvalue weighted by Gasteiger charge is 2.30. The van der Waals surface area contributed by atoms with Crippen molar-refractivity contribution < 1.29 is 9.90 Å². The highest BCUT2D eigenvalue weighted by Crippen LogP contribution is 2.45. The molecule has 1 aromatic rings. The third-order valence-electron chi connectivity index (χ3n) is 6.32. The van der Waals surface area contributed by atoms with E-state index in [9.17, 15) is 9.90 Å². The number of unbranched alkanes of at least 4 members (excludes halogenated alkanes) is 1. The van der Waals surface area contributed by atoms with E-state index in [4.69, 9.17) is 0 Å². The molecule has 0 radical (unpaired) electrons. The number of rotatable bonds is 8. The first kappa shape index (κ1) is 27.4. The fourth-order valence-corrected chi connectivity index (χ4v) is 7.15. The van der Waals surface area contributed by atoms with Crippen molar-refractivity contribution in [1.82, 2.24) is 4.90 Å². The zero-order chi connectivity index (χ0) is 24.1. The smallest absolute Gasteiger partial charge is 0.232 e. The molecule has 1 aliphatic rings. The number of aromatic hydroxyl groups is 1. The zero-order valence-corrected chi connectivity index (χ0v) is 23.2. The molecule has 1 unspecified atom stereocenters. The summed E-state index contributed by atoms with van der Waals surface area (Å²) in [5.41, 5.74) is 1.83. The topological polar surface area (TPSA) is 40.5 Å². The molecule has 182 valence electrons. The normalized spacial score (nSPS) is 19.8. The number of amides is 1. The zero-order valence-electron chi connectivity index (χ0n) is 21.6. The molecule has 0 bridgehead atoms. The molecule has 1 N–H and O–H groups in total. The molecule has 1 amide bonds. The summed E-state index contributed by atoms with van der Waals surface area (Å²) in [6.45, 7) is 16.0. The minimum Gasteiger partial charge on any atom is -0.507 e. The number of benzene rings is 1. The van der Waals surface area contributed by atoms with Crippen LogP contribution in [0.5, 0.6) is 5.75 Å². The van der Waals surface area contributed by atoms with Gasteiger partial charge in [-0.05, 0) is 42.2 Å². The highest BCUT2D eigenvalue weighted by molar-refractivity contribution is 8.04. The fraction of sp³-hybridized carbons (Fsp3) is 0.741. The maximum Gasteiger partial charge on any atom is 0.232 e. The van der Waals surface area contributed by atoms with Crippen molar-refractivity contribution in [1.29, 1.82) is 0 Å². The van der Waals surface area contributed by atoms with E-state index in [1.54, 1.807) is 0 Å². The Balaban J connectivity index is 2.19. The monoisotopic (exact) mass is 479 g/mol. The maximum atomic E-state index is 12.6. The first-order valence-corrected chi connectivity index (χ1v) is 14.2. The molecule has 2 atom stereocenters. The summed E-state index contributed by atoms with van der Waals surface area (Å²) >= 11 is 3.81. The Hall–Kier alpha value is -0.810. The Bertz CT molecular complexity index is 729. The average molecular weight is 480 g/mol. The maximum absolute atomic E-state index is 12.6.